The van der Waals surface area contributed by atoms with Crippen LogP contribution in [0.1, 0.15) is 0 Å². The number of nitrogens with zero attached hydrogens (tertiary/aromatic N) is 1. The highest BCUT2D eigenvalue weighted by atomic mass is 31.2. The predicted octanol–water partition coefficient (Wildman–Crippen LogP) is -1.66. The predicted molar refractivity (Wildman–Crippen MR) is 55.0 cm³/mol. The Morgan fingerprint density at radius 1 is 1.00 bits per heavy atom. The van der Waals surface area contributed by atoms with Crippen LogP contribution in [0.3, 0.4) is 0 Å². The molecule has 0 radical (unpaired) electrons. The van der Waals surface area contributed by atoms with Crippen LogP contribution < -0.4 is 22.9 Å². The van der Waals surface area contributed by atoms with Gasteiger partial charge < -0.3 is 22.9 Å². The Bertz CT molecular complexity index is 352. The fourth-order valence-electron chi connectivity index (χ4n) is 0.443. The van der Waals surface area contributed by atoms with Crippen molar-refractivity contribution in [2.45, 2.75) is 0 Å². The maximum Gasteiger partial charge on any atom is 0.315 e. The highest BCUT2D eigenvalue weighted by Gasteiger charge is 2.30. The summed E-state index contributed by atoms with van der Waals surface area (Å²) in [6.45, 7) is 0. The summed E-state index contributed by atoms with van der Waals surface area (Å²) in [5.74, 6) is -1.20. The van der Waals surface area contributed by atoms with Gasteiger partial charge in [-0.2, -0.15) is 4.76 Å². The number of hydrogen-bond acceptors (Lipinski definition) is 4. The SMILES string of the molecule is N=C(N)/C(N)=N/P(=O)(C(=N)N)C(=N)N. The number of nitrogens with two attached hydrogens (primary N) is 4. The Balaban J connectivity index is 5.40. The molecule has 14 heavy (non-hydrogen) atoms. The molecule has 0 fully saturated rings. The molecule has 78 valence electrons. The molecule has 0 saturated carbocycles. The fourth-order valence-corrected chi connectivity index (χ4v) is 1.33. The van der Waals surface area contributed by atoms with Crippen LogP contribution in [0.5, 0.6) is 0 Å². The molecule has 0 saturated heterocycles. The average Bonchev–Trinajstić information content (AvgIpc) is 2.02. The van der Waals surface area contributed by atoms with Crippen LogP contribution in [0.15, 0.2) is 4.76 Å². The molecule has 0 aromatic rings. The van der Waals surface area contributed by atoms with Gasteiger partial charge in [-0.3, -0.25) is 20.8 Å². The zero-order valence-corrected chi connectivity index (χ0v) is 8.01. The zero-order chi connectivity index (χ0) is 11.5. The second-order valence-electron chi connectivity index (χ2n) is 2.25. The van der Waals surface area contributed by atoms with Crippen LogP contribution in [0, 0.1) is 16.2 Å². The summed E-state index contributed by atoms with van der Waals surface area (Å²) in [5, 5.41) is 20.7. The van der Waals surface area contributed by atoms with Gasteiger partial charge in [0, 0.05) is 0 Å². The van der Waals surface area contributed by atoms with E-state index in [1.807, 2.05) is 0 Å². The third-order valence-corrected chi connectivity index (χ3v) is 2.98. The summed E-state index contributed by atoms with van der Waals surface area (Å²) in [5.41, 5.74) is 18.2. The van der Waals surface area contributed by atoms with Gasteiger partial charge >= 0.3 is 7.29 Å². The van der Waals surface area contributed by atoms with Crippen molar-refractivity contribution >= 4 is 30.1 Å². The standard InChI is InChI=1S/C4H11N8OP/c5-1(6)2(7)12-14(13,3(8)9)4(10)11/h(H3,5,6)(H3,8,9)(H3,10,11)(H2,7,12,13). The summed E-state index contributed by atoms with van der Waals surface area (Å²) in [6, 6.07) is 0. The fraction of sp³-hybridized carbons (Fsp3) is 0. The molecule has 11 N–H and O–H groups in total. The Morgan fingerprint density at radius 2 is 1.36 bits per heavy atom. The van der Waals surface area contributed by atoms with Gasteiger partial charge in [-0.25, -0.2) is 0 Å². The largest absolute Gasteiger partial charge is 0.381 e. The van der Waals surface area contributed by atoms with E-state index in [1.165, 1.54) is 0 Å². The minimum Gasteiger partial charge on any atom is -0.381 e. The van der Waals surface area contributed by atoms with Crippen molar-refractivity contribution in [2.75, 3.05) is 0 Å². The van der Waals surface area contributed by atoms with Crippen molar-refractivity contribution < 1.29 is 4.57 Å². The molecule has 0 spiro atoms. The molecule has 0 amide bonds. The average molecular weight is 218 g/mol. The second-order valence-corrected chi connectivity index (χ2v) is 4.56. The van der Waals surface area contributed by atoms with Crippen molar-refractivity contribution in [2.24, 2.45) is 27.7 Å². The van der Waals surface area contributed by atoms with Crippen molar-refractivity contribution in [3.63, 3.8) is 0 Å². The molecule has 0 bridgehead atoms. The van der Waals surface area contributed by atoms with E-state index in [1.54, 1.807) is 0 Å². The maximum atomic E-state index is 11.6. The first kappa shape index (κ1) is 12.1. The van der Waals surface area contributed by atoms with E-state index in [0.717, 1.165) is 0 Å². The van der Waals surface area contributed by atoms with Gasteiger partial charge in [0.2, 0.25) is 0 Å². The first-order chi connectivity index (χ1) is 6.21. The van der Waals surface area contributed by atoms with Gasteiger partial charge in [0.1, 0.15) is 0 Å². The lowest BCUT2D eigenvalue weighted by Gasteiger charge is -2.09. The van der Waals surface area contributed by atoms with Crippen molar-refractivity contribution in [3.05, 3.63) is 0 Å². The molecule has 0 unspecified atom stereocenters. The van der Waals surface area contributed by atoms with E-state index in [9.17, 15) is 4.57 Å². The maximum absolute atomic E-state index is 11.6. The minimum atomic E-state index is -4.01. The molecule has 0 heterocycles. The zero-order valence-electron chi connectivity index (χ0n) is 7.11. The summed E-state index contributed by atoms with van der Waals surface area (Å²) < 4.78 is 14.8. The van der Waals surface area contributed by atoms with Crippen molar-refractivity contribution in [1.29, 1.82) is 16.2 Å². The third-order valence-electron chi connectivity index (χ3n) is 1.18. The normalized spacial score (nSPS) is 15.6. The van der Waals surface area contributed by atoms with E-state index in [2.05, 4.69) is 4.76 Å². The molecule has 9 nitrogen and oxygen atoms in total. The molecule has 0 atom stereocenters. The van der Waals surface area contributed by atoms with Crippen LogP contribution in [-0.4, -0.2) is 22.8 Å². The lowest BCUT2D eigenvalue weighted by molar-refractivity contribution is 0.590. The molecule has 0 rings (SSSR count). The Morgan fingerprint density at radius 3 is 1.57 bits per heavy atom. The number of hydrogen-bond donors (Lipinski definition) is 7. The van der Waals surface area contributed by atoms with Gasteiger partial charge in [-0.1, -0.05) is 0 Å². The Hall–Kier alpha value is -1.89. The number of nitrogens with one attached hydrogen (secondary N) is 3. The Labute approximate surface area is 79.5 Å². The molecular weight excluding hydrogens is 207 g/mol. The van der Waals surface area contributed by atoms with Crippen molar-refractivity contribution in [1.82, 2.24) is 0 Å². The first-order valence-electron chi connectivity index (χ1n) is 3.21. The number of amidine groups is 4. The lowest BCUT2D eigenvalue weighted by atomic mass is 10.6. The van der Waals surface area contributed by atoms with Gasteiger partial charge in [0.05, 0.1) is 0 Å². The highest BCUT2D eigenvalue weighted by Crippen LogP contribution is 2.45. The quantitative estimate of drug-likeness (QED) is 0.168. The summed E-state index contributed by atoms with van der Waals surface area (Å²) in [4.78, 5) is 0. The molecular formula is C4H11N8OP. The van der Waals surface area contributed by atoms with Crippen LogP contribution in [0.25, 0.3) is 0 Å². The lowest BCUT2D eigenvalue weighted by Crippen LogP contribution is -2.31. The molecule has 0 aromatic heterocycles. The number of rotatable bonds is 3. The second kappa shape index (κ2) is 3.88. The van der Waals surface area contributed by atoms with Crippen LogP contribution >= 0.6 is 7.29 Å². The monoisotopic (exact) mass is 218 g/mol. The van der Waals surface area contributed by atoms with E-state index < -0.39 is 30.1 Å². The van der Waals surface area contributed by atoms with Crippen LogP contribution in [0.4, 0.5) is 0 Å². The molecule has 0 aliphatic carbocycles. The van der Waals surface area contributed by atoms with Gasteiger partial charge in [-0.15, -0.1) is 0 Å². The third kappa shape index (κ3) is 2.30. The smallest absolute Gasteiger partial charge is 0.315 e. The molecule has 0 aromatic carbocycles. The van der Waals surface area contributed by atoms with Gasteiger partial charge in [-0.05, 0) is 0 Å². The van der Waals surface area contributed by atoms with Gasteiger partial charge in [0.25, 0.3) is 0 Å². The summed E-state index contributed by atoms with van der Waals surface area (Å²) in [7, 11) is -4.01. The van der Waals surface area contributed by atoms with Crippen molar-refractivity contribution in [3.8, 4) is 0 Å². The molecule has 0 aliphatic heterocycles. The van der Waals surface area contributed by atoms with E-state index in [4.69, 9.17) is 39.2 Å². The van der Waals surface area contributed by atoms with Gasteiger partial charge in [0.15, 0.2) is 22.8 Å². The van der Waals surface area contributed by atoms with Crippen LogP contribution in [-0.2, 0) is 4.57 Å². The van der Waals surface area contributed by atoms with E-state index in [0.29, 0.717) is 0 Å². The Kier molecular flexibility index (Phi) is 3.36. The summed E-state index contributed by atoms with van der Waals surface area (Å²) >= 11 is 0. The minimum absolute atomic E-state index is 0.571. The van der Waals surface area contributed by atoms with Crippen LogP contribution in [0.2, 0.25) is 0 Å². The highest BCUT2D eigenvalue weighted by molar-refractivity contribution is 7.93. The van der Waals surface area contributed by atoms with E-state index in [-0.39, 0.29) is 0 Å². The topological polar surface area (TPSA) is 205 Å². The van der Waals surface area contributed by atoms with E-state index >= 15 is 0 Å². The molecule has 10 heteroatoms. The first-order valence-corrected chi connectivity index (χ1v) is 4.87. The molecule has 0 aliphatic rings. The summed E-state index contributed by atoms with van der Waals surface area (Å²) in [6.07, 6.45) is 0.